The van der Waals surface area contributed by atoms with Crippen molar-refractivity contribution in [2.24, 2.45) is 4.99 Å². The Balaban J connectivity index is 1.75. The molecule has 132 valence electrons. The zero-order valence-corrected chi connectivity index (χ0v) is 15.5. The van der Waals surface area contributed by atoms with Gasteiger partial charge in [0.25, 0.3) is 5.91 Å². The molecule has 7 heteroatoms. The highest BCUT2D eigenvalue weighted by Gasteiger charge is 2.32. The van der Waals surface area contributed by atoms with Gasteiger partial charge in [-0.25, -0.2) is 0 Å². The van der Waals surface area contributed by atoms with Crippen molar-refractivity contribution in [1.82, 2.24) is 9.80 Å². The number of amides is 2. The number of thioether (sulfide) groups is 1. The molecule has 0 aliphatic carbocycles. The van der Waals surface area contributed by atoms with E-state index in [4.69, 9.17) is 0 Å². The average molecular weight is 358 g/mol. The van der Waals surface area contributed by atoms with Crippen LogP contribution in [0.2, 0.25) is 0 Å². The van der Waals surface area contributed by atoms with Gasteiger partial charge >= 0.3 is 0 Å². The number of nitrogens with one attached hydrogen (secondary N) is 1. The second-order valence-electron chi connectivity index (χ2n) is 6.43. The number of amidine groups is 1. The summed E-state index contributed by atoms with van der Waals surface area (Å²) in [6.45, 7) is 3.27. The van der Waals surface area contributed by atoms with Gasteiger partial charge in [-0.3, -0.25) is 9.59 Å². The van der Waals surface area contributed by atoms with E-state index in [0.717, 1.165) is 30.2 Å². The van der Waals surface area contributed by atoms with E-state index in [1.54, 1.807) is 6.08 Å². The Morgan fingerprint density at radius 1 is 1.40 bits per heavy atom. The summed E-state index contributed by atoms with van der Waals surface area (Å²) in [6.07, 6.45) is 2.87. The van der Waals surface area contributed by atoms with Gasteiger partial charge in [0.2, 0.25) is 5.91 Å². The Bertz CT molecular complexity index is 757. The molecular weight excluding hydrogens is 336 g/mol. The highest BCUT2D eigenvalue weighted by molar-refractivity contribution is 8.18. The van der Waals surface area contributed by atoms with E-state index in [9.17, 15) is 9.59 Å². The smallest absolute Gasteiger partial charge is 0.286 e. The molecule has 2 aliphatic heterocycles. The molecule has 25 heavy (non-hydrogen) atoms. The summed E-state index contributed by atoms with van der Waals surface area (Å²) < 4.78 is 0. The standard InChI is InChI=1S/C18H22N4O2S/c1-12(23)19-15-7-5-4-6-13(15)10-16-17(24)20-18(25-16)22-9-8-14(11-22)21(2)3/h4-7,10,14H,8-9,11H2,1-3H3,(H,19,23)/b16-10-/t14-/m0/s1. The third-order valence-corrected chi connectivity index (χ3v) is 5.38. The zero-order valence-electron chi connectivity index (χ0n) is 14.7. The second kappa shape index (κ2) is 7.41. The summed E-state index contributed by atoms with van der Waals surface area (Å²) in [5.74, 6) is -0.356. The normalized spacial score (nSPS) is 22.0. The van der Waals surface area contributed by atoms with Gasteiger partial charge in [-0.15, -0.1) is 0 Å². The maximum Gasteiger partial charge on any atom is 0.286 e. The van der Waals surface area contributed by atoms with E-state index in [-0.39, 0.29) is 11.8 Å². The Hall–Kier alpha value is -2.12. The molecule has 0 bridgehead atoms. The van der Waals surface area contributed by atoms with E-state index >= 15 is 0 Å². The number of carbonyl (C=O) groups is 2. The molecule has 3 rings (SSSR count). The predicted octanol–water partition coefficient (Wildman–Crippen LogP) is 2.25. The lowest BCUT2D eigenvalue weighted by Gasteiger charge is -2.20. The minimum absolute atomic E-state index is 0.139. The maximum atomic E-state index is 12.3. The van der Waals surface area contributed by atoms with Crippen molar-refractivity contribution in [2.75, 3.05) is 32.5 Å². The Labute approximate surface area is 152 Å². The van der Waals surface area contributed by atoms with Crippen molar-refractivity contribution in [3.8, 4) is 0 Å². The van der Waals surface area contributed by atoms with Gasteiger partial charge in [0.05, 0.1) is 4.91 Å². The minimum atomic E-state index is -0.217. The van der Waals surface area contributed by atoms with Crippen molar-refractivity contribution < 1.29 is 9.59 Å². The summed E-state index contributed by atoms with van der Waals surface area (Å²) in [5.41, 5.74) is 1.50. The number of nitrogens with zero attached hydrogens (tertiary/aromatic N) is 3. The molecule has 0 aromatic heterocycles. The SMILES string of the molecule is CC(=O)Nc1ccccc1/C=C1\SC(N2CC[C@H](N(C)C)C2)=NC1=O. The summed E-state index contributed by atoms with van der Waals surface area (Å²) in [7, 11) is 4.15. The van der Waals surface area contributed by atoms with Gasteiger partial charge in [-0.2, -0.15) is 4.99 Å². The molecule has 0 saturated carbocycles. The Kier molecular flexibility index (Phi) is 5.24. The van der Waals surface area contributed by atoms with Gasteiger partial charge in [0, 0.05) is 31.7 Å². The number of carbonyl (C=O) groups excluding carboxylic acids is 2. The van der Waals surface area contributed by atoms with Crippen LogP contribution in [0.1, 0.15) is 18.9 Å². The van der Waals surface area contributed by atoms with Crippen LogP contribution in [0.4, 0.5) is 5.69 Å². The molecule has 1 N–H and O–H groups in total. The highest BCUT2D eigenvalue weighted by Crippen LogP contribution is 2.33. The van der Waals surface area contributed by atoms with Gasteiger partial charge in [0.1, 0.15) is 0 Å². The fraction of sp³-hybridized carbons (Fsp3) is 0.389. The molecule has 1 aromatic rings. The first-order valence-corrected chi connectivity index (χ1v) is 9.06. The van der Waals surface area contributed by atoms with E-state index in [0.29, 0.717) is 16.6 Å². The molecule has 2 aliphatic rings. The summed E-state index contributed by atoms with van der Waals surface area (Å²) >= 11 is 1.41. The van der Waals surface area contributed by atoms with Gasteiger partial charge in [-0.05, 0) is 50.0 Å². The number of benzene rings is 1. The van der Waals surface area contributed by atoms with Crippen molar-refractivity contribution in [1.29, 1.82) is 0 Å². The van der Waals surface area contributed by atoms with Crippen LogP contribution in [-0.2, 0) is 9.59 Å². The molecule has 1 aromatic carbocycles. The van der Waals surface area contributed by atoms with Crippen LogP contribution in [0, 0.1) is 0 Å². The third kappa shape index (κ3) is 4.11. The van der Waals surface area contributed by atoms with Crippen LogP contribution in [-0.4, -0.2) is 60.0 Å². The third-order valence-electron chi connectivity index (χ3n) is 4.33. The van der Waals surface area contributed by atoms with Crippen LogP contribution in [0.15, 0.2) is 34.2 Å². The fourth-order valence-corrected chi connectivity index (χ4v) is 3.88. The minimum Gasteiger partial charge on any atom is -0.349 e. The first-order chi connectivity index (χ1) is 11.9. The molecule has 0 spiro atoms. The predicted molar refractivity (Wildman–Crippen MR) is 102 cm³/mol. The van der Waals surface area contributed by atoms with Crippen LogP contribution < -0.4 is 5.32 Å². The number of likely N-dealkylation sites (N-methyl/N-ethyl adjacent to an activating group) is 1. The molecule has 1 atom stereocenters. The molecule has 2 heterocycles. The Morgan fingerprint density at radius 2 is 2.16 bits per heavy atom. The molecule has 1 fully saturated rings. The topological polar surface area (TPSA) is 65.0 Å². The number of para-hydroxylation sites is 1. The molecule has 1 saturated heterocycles. The van der Waals surface area contributed by atoms with Crippen molar-refractivity contribution in [3.05, 3.63) is 34.7 Å². The van der Waals surface area contributed by atoms with Crippen LogP contribution in [0.25, 0.3) is 6.08 Å². The number of hydrogen-bond donors (Lipinski definition) is 1. The molecule has 0 radical (unpaired) electrons. The second-order valence-corrected chi connectivity index (χ2v) is 7.44. The molecule has 0 unspecified atom stereocenters. The molecular formula is C18H22N4O2S. The summed E-state index contributed by atoms with van der Waals surface area (Å²) in [5, 5.41) is 3.56. The van der Waals surface area contributed by atoms with E-state index in [1.165, 1.54) is 18.7 Å². The number of hydrogen-bond acceptors (Lipinski definition) is 5. The van der Waals surface area contributed by atoms with Crippen LogP contribution in [0.5, 0.6) is 0 Å². The first-order valence-electron chi connectivity index (χ1n) is 8.24. The van der Waals surface area contributed by atoms with Crippen molar-refractivity contribution in [3.63, 3.8) is 0 Å². The molecule has 6 nitrogen and oxygen atoms in total. The number of anilines is 1. The number of rotatable bonds is 3. The number of aliphatic imine (C=N–C) groups is 1. The van der Waals surface area contributed by atoms with E-state index < -0.39 is 0 Å². The fourth-order valence-electron chi connectivity index (χ4n) is 2.94. The van der Waals surface area contributed by atoms with Crippen molar-refractivity contribution in [2.45, 2.75) is 19.4 Å². The highest BCUT2D eigenvalue weighted by atomic mass is 32.2. The molecule has 2 amide bonds. The lowest BCUT2D eigenvalue weighted by atomic mass is 10.1. The van der Waals surface area contributed by atoms with Gasteiger partial charge in [0.15, 0.2) is 5.17 Å². The lowest BCUT2D eigenvalue weighted by Crippen LogP contribution is -2.33. The Morgan fingerprint density at radius 3 is 2.84 bits per heavy atom. The summed E-state index contributed by atoms with van der Waals surface area (Å²) in [4.78, 5) is 32.8. The zero-order chi connectivity index (χ0) is 18.0. The van der Waals surface area contributed by atoms with E-state index in [1.807, 2.05) is 24.3 Å². The van der Waals surface area contributed by atoms with Gasteiger partial charge in [-0.1, -0.05) is 18.2 Å². The van der Waals surface area contributed by atoms with Crippen LogP contribution >= 0.6 is 11.8 Å². The van der Waals surface area contributed by atoms with Gasteiger partial charge < -0.3 is 15.1 Å². The average Bonchev–Trinajstić information content (AvgIpc) is 3.16. The van der Waals surface area contributed by atoms with Crippen LogP contribution in [0.3, 0.4) is 0 Å². The monoisotopic (exact) mass is 358 g/mol. The van der Waals surface area contributed by atoms with Crippen molar-refractivity contribution >= 4 is 40.5 Å². The first kappa shape index (κ1) is 17.7. The maximum absolute atomic E-state index is 12.3. The quantitative estimate of drug-likeness (QED) is 0.840. The largest absolute Gasteiger partial charge is 0.349 e. The lowest BCUT2D eigenvalue weighted by molar-refractivity contribution is -0.114. The number of likely N-dealkylation sites (tertiary alicyclic amines) is 1. The van der Waals surface area contributed by atoms with E-state index in [2.05, 4.69) is 34.2 Å². The summed E-state index contributed by atoms with van der Waals surface area (Å²) in [6, 6.07) is 7.92.